The van der Waals surface area contributed by atoms with E-state index in [1.54, 1.807) is 4.90 Å². The molecule has 1 N–H and O–H groups in total. The molecule has 0 aromatic heterocycles. The molecule has 1 aliphatic rings. The first-order valence-electron chi connectivity index (χ1n) is 9.26. The van der Waals surface area contributed by atoms with E-state index in [2.05, 4.69) is 5.32 Å². The molecule has 2 aromatic carbocycles. The number of likely N-dealkylation sites (tertiary alicyclic amines) is 1. The van der Waals surface area contributed by atoms with E-state index < -0.39 is 11.7 Å². The van der Waals surface area contributed by atoms with E-state index in [0.717, 1.165) is 30.5 Å². The number of nitrogens with one attached hydrogen (secondary N) is 1. The molecule has 0 atom stereocenters. The number of urea groups is 1. The van der Waals surface area contributed by atoms with Gasteiger partial charge in [0.05, 0.1) is 12.2 Å². The van der Waals surface area contributed by atoms with Gasteiger partial charge in [-0.3, -0.25) is 0 Å². The number of piperidine rings is 1. The van der Waals surface area contributed by atoms with Crippen LogP contribution in [0.1, 0.15) is 24.0 Å². The second-order valence-corrected chi connectivity index (χ2v) is 6.94. The smallest absolute Gasteiger partial charge is 0.376 e. The summed E-state index contributed by atoms with van der Waals surface area (Å²) in [5.74, 6) is 0.402. The molecule has 1 fully saturated rings. The Morgan fingerprint density at radius 3 is 2.29 bits per heavy atom. The number of amides is 2. The van der Waals surface area contributed by atoms with Crippen molar-refractivity contribution in [2.45, 2.75) is 25.6 Å². The average molecular weight is 392 g/mol. The molecular formula is C21H23F3N2O2. The third-order valence-electron chi connectivity index (χ3n) is 4.83. The zero-order valence-electron chi connectivity index (χ0n) is 15.4. The number of nitrogens with zero attached hydrogens (tertiary/aromatic N) is 1. The molecule has 0 saturated carbocycles. The molecule has 1 heterocycles. The molecule has 3 rings (SSSR count). The van der Waals surface area contributed by atoms with Crippen molar-refractivity contribution in [1.82, 2.24) is 4.90 Å². The van der Waals surface area contributed by atoms with E-state index >= 15 is 0 Å². The van der Waals surface area contributed by atoms with Gasteiger partial charge in [-0.15, -0.1) is 0 Å². The molecule has 7 heteroatoms. The molecular weight excluding hydrogens is 369 g/mol. The second-order valence-electron chi connectivity index (χ2n) is 6.94. The van der Waals surface area contributed by atoms with E-state index in [0.29, 0.717) is 37.9 Å². The number of alkyl halides is 3. The zero-order valence-corrected chi connectivity index (χ0v) is 15.4. The van der Waals surface area contributed by atoms with Crippen LogP contribution in [0.2, 0.25) is 0 Å². The summed E-state index contributed by atoms with van der Waals surface area (Å²) in [5, 5.41) is 2.66. The standard InChI is InChI=1S/C21H23F3N2O2/c22-21(23,24)18-6-8-19(9-7-18)25-20(27)26-12-10-17(11-13-26)15-28-14-16-4-2-1-3-5-16/h1-9,17H,10-15H2,(H,25,27). The molecule has 0 radical (unpaired) electrons. The van der Waals surface area contributed by atoms with Gasteiger partial charge >= 0.3 is 12.2 Å². The number of ether oxygens (including phenoxy) is 1. The van der Waals surface area contributed by atoms with Crippen molar-refractivity contribution in [2.75, 3.05) is 25.0 Å². The lowest BCUT2D eigenvalue weighted by atomic mass is 9.98. The highest BCUT2D eigenvalue weighted by molar-refractivity contribution is 5.89. The summed E-state index contributed by atoms with van der Waals surface area (Å²) in [5.41, 5.74) is 0.754. The zero-order chi connectivity index (χ0) is 20.0. The normalized spacial score (nSPS) is 15.5. The summed E-state index contributed by atoms with van der Waals surface area (Å²) in [4.78, 5) is 14.0. The number of hydrogen-bond donors (Lipinski definition) is 1. The minimum atomic E-state index is -4.38. The Kier molecular flexibility index (Phi) is 6.57. The fourth-order valence-electron chi connectivity index (χ4n) is 3.17. The lowest BCUT2D eigenvalue weighted by molar-refractivity contribution is -0.137. The van der Waals surface area contributed by atoms with Crippen LogP contribution in [-0.4, -0.2) is 30.6 Å². The number of halogens is 3. The number of carbonyl (C=O) groups is 1. The lowest BCUT2D eigenvalue weighted by Crippen LogP contribution is -2.41. The van der Waals surface area contributed by atoms with Crippen LogP contribution in [0.4, 0.5) is 23.7 Å². The molecule has 4 nitrogen and oxygen atoms in total. The van der Waals surface area contributed by atoms with Crippen molar-refractivity contribution in [1.29, 1.82) is 0 Å². The van der Waals surface area contributed by atoms with Crippen LogP contribution in [0, 0.1) is 5.92 Å². The second kappa shape index (κ2) is 9.10. The molecule has 1 saturated heterocycles. The van der Waals surface area contributed by atoms with Gasteiger partial charge in [0.1, 0.15) is 0 Å². The van der Waals surface area contributed by atoms with Gasteiger partial charge in [-0.05, 0) is 48.6 Å². The van der Waals surface area contributed by atoms with Gasteiger partial charge in [-0.2, -0.15) is 13.2 Å². The summed E-state index contributed by atoms with van der Waals surface area (Å²) in [7, 11) is 0. The number of carbonyl (C=O) groups excluding carboxylic acids is 1. The average Bonchev–Trinajstić information content (AvgIpc) is 2.69. The number of hydrogen-bond acceptors (Lipinski definition) is 2. The summed E-state index contributed by atoms with van der Waals surface area (Å²) in [6.45, 7) is 2.44. The van der Waals surface area contributed by atoms with Gasteiger partial charge in [0.25, 0.3) is 0 Å². The molecule has 0 bridgehead atoms. The molecule has 28 heavy (non-hydrogen) atoms. The van der Waals surface area contributed by atoms with Crippen LogP contribution in [0.25, 0.3) is 0 Å². The van der Waals surface area contributed by atoms with Crippen molar-refractivity contribution in [3.63, 3.8) is 0 Å². The topological polar surface area (TPSA) is 41.6 Å². The molecule has 2 amide bonds. The predicted molar refractivity (Wildman–Crippen MR) is 101 cm³/mol. The quantitative estimate of drug-likeness (QED) is 0.763. The monoisotopic (exact) mass is 392 g/mol. The highest BCUT2D eigenvalue weighted by Crippen LogP contribution is 2.30. The van der Waals surface area contributed by atoms with Gasteiger partial charge in [0.15, 0.2) is 0 Å². The molecule has 0 spiro atoms. The maximum atomic E-state index is 12.6. The third kappa shape index (κ3) is 5.73. The van der Waals surface area contributed by atoms with Gasteiger partial charge in [0.2, 0.25) is 0 Å². The maximum Gasteiger partial charge on any atom is 0.416 e. The maximum absolute atomic E-state index is 12.6. The summed E-state index contributed by atoms with van der Waals surface area (Å²) in [6.07, 6.45) is -2.70. The Morgan fingerprint density at radius 1 is 1.04 bits per heavy atom. The van der Waals surface area contributed by atoms with Crippen molar-refractivity contribution in [3.8, 4) is 0 Å². The minimum absolute atomic E-state index is 0.289. The van der Waals surface area contributed by atoms with Crippen LogP contribution in [0.5, 0.6) is 0 Å². The minimum Gasteiger partial charge on any atom is -0.376 e. The Morgan fingerprint density at radius 2 is 1.68 bits per heavy atom. The van der Waals surface area contributed by atoms with E-state index in [9.17, 15) is 18.0 Å². The fraction of sp³-hybridized carbons (Fsp3) is 0.381. The predicted octanol–water partition coefficient (Wildman–Crippen LogP) is 5.17. The van der Waals surface area contributed by atoms with Crippen molar-refractivity contribution in [2.24, 2.45) is 5.92 Å². The first kappa shape index (κ1) is 20.2. The fourth-order valence-corrected chi connectivity index (χ4v) is 3.17. The van der Waals surface area contributed by atoms with Gasteiger partial charge in [-0.1, -0.05) is 30.3 Å². The van der Waals surface area contributed by atoms with Crippen molar-refractivity contribution < 1.29 is 22.7 Å². The molecule has 1 aliphatic heterocycles. The van der Waals surface area contributed by atoms with Crippen molar-refractivity contribution >= 4 is 11.7 Å². The van der Waals surface area contributed by atoms with E-state index in [-0.39, 0.29) is 6.03 Å². The Labute approximate surface area is 162 Å². The first-order valence-corrected chi connectivity index (χ1v) is 9.26. The van der Waals surface area contributed by atoms with Crippen LogP contribution >= 0.6 is 0 Å². The molecule has 0 aliphatic carbocycles. The molecule has 2 aromatic rings. The third-order valence-corrected chi connectivity index (χ3v) is 4.83. The van der Waals surface area contributed by atoms with Gasteiger partial charge in [0, 0.05) is 25.4 Å². The highest BCUT2D eigenvalue weighted by Gasteiger charge is 2.30. The van der Waals surface area contributed by atoms with Crippen LogP contribution in [-0.2, 0) is 17.5 Å². The lowest BCUT2D eigenvalue weighted by Gasteiger charge is -2.32. The first-order chi connectivity index (χ1) is 13.4. The van der Waals surface area contributed by atoms with Crippen LogP contribution < -0.4 is 5.32 Å². The van der Waals surface area contributed by atoms with Crippen LogP contribution in [0.3, 0.4) is 0 Å². The summed E-state index contributed by atoms with van der Waals surface area (Å²) in [6, 6.07) is 14.1. The SMILES string of the molecule is O=C(Nc1ccc(C(F)(F)F)cc1)N1CCC(COCc2ccccc2)CC1. The van der Waals surface area contributed by atoms with E-state index in [1.807, 2.05) is 30.3 Å². The Bertz CT molecular complexity index is 755. The largest absolute Gasteiger partial charge is 0.416 e. The summed E-state index contributed by atoms with van der Waals surface area (Å²) >= 11 is 0. The number of rotatable bonds is 5. The van der Waals surface area contributed by atoms with Crippen LogP contribution in [0.15, 0.2) is 54.6 Å². The summed E-state index contributed by atoms with van der Waals surface area (Å²) < 4.78 is 43.5. The Hall–Kier alpha value is -2.54. The van der Waals surface area contributed by atoms with E-state index in [4.69, 9.17) is 4.74 Å². The van der Waals surface area contributed by atoms with Gasteiger partial charge < -0.3 is 15.0 Å². The molecule has 150 valence electrons. The number of benzene rings is 2. The number of anilines is 1. The molecule has 0 unspecified atom stereocenters. The van der Waals surface area contributed by atoms with Gasteiger partial charge in [-0.25, -0.2) is 4.79 Å². The van der Waals surface area contributed by atoms with Crippen molar-refractivity contribution in [3.05, 3.63) is 65.7 Å². The van der Waals surface area contributed by atoms with E-state index in [1.165, 1.54) is 12.1 Å². The highest BCUT2D eigenvalue weighted by atomic mass is 19.4. The Balaban J connectivity index is 1.40.